The smallest absolute Gasteiger partial charge is 0.292 e. The zero-order valence-corrected chi connectivity index (χ0v) is 13.0. The third-order valence-electron chi connectivity index (χ3n) is 3.59. The first-order chi connectivity index (χ1) is 9.91. The summed E-state index contributed by atoms with van der Waals surface area (Å²) in [6, 6.07) is 8.89. The normalized spacial score (nSPS) is 13.7. The van der Waals surface area contributed by atoms with Gasteiger partial charge in [0.05, 0.1) is 17.1 Å². The Morgan fingerprint density at radius 1 is 1.33 bits per heavy atom. The Kier molecular flexibility index (Phi) is 4.59. The molecule has 21 heavy (non-hydrogen) atoms. The van der Waals surface area contributed by atoms with Gasteiger partial charge >= 0.3 is 0 Å². The molecule has 6 heteroatoms. The van der Waals surface area contributed by atoms with E-state index in [1.54, 1.807) is 30.4 Å². The summed E-state index contributed by atoms with van der Waals surface area (Å²) in [5.41, 5.74) is 1.10. The Bertz CT molecular complexity index is 626. The van der Waals surface area contributed by atoms with E-state index in [0.29, 0.717) is 11.3 Å². The molecule has 0 radical (unpaired) electrons. The van der Waals surface area contributed by atoms with Crippen molar-refractivity contribution < 1.29 is 10.0 Å². The highest BCUT2D eigenvalue weighted by Gasteiger charge is 2.23. The highest BCUT2D eigenvalue weighted by atomic mass is 32.1. The average Bonchev–Trinajstić information content (AvgIpc) is 2.99. The molecular weight excluding hydrogens is 288 g/mol. The summed E-state index contributed by atoms with van der Waals surface area (Å²) in [6.07, 6.45) is -0.724. The number of hydrogen-bond acceptors (Lipinski definition) is 5. The lowest BCUT2D eigenvalue weighted by Crippen LogP contribution is -2.22. The van der Waals surface area contributed by atoms with E-state index in [1.165, 1.54) is 6.07 Å². The Balaban J connectivity index is 2.40. The van der Waals surface area contributed by atoms with Crippen molar-refractivity contribution in [3.05, 3.63) is 56.3 Å². The van der Waals surface area contributed by atoms with Gasteiger partial charge in [-0.3, -0.25) is 10.1 Å². The molecule has 0 amide bonds. The molecule has 0 aliphatic carbocycles. The van der Waals surface area contributed by atoms with Gasteiger partial charge in [0.2, 0.25) is 0 Å². The number of aliphatic hydroxyl groups is 1. The minimum absolute atomic E-state index is 0.0132. The molecule has 0 bridgehead atoms. The Morgan fingerprint density at radius 3 is 2.57 bits per heavy atom. The van der Waals surface area contributed by atoms with E-state index in [4.69, 9.17) is 0 Å². The SMILES string of the molecule is CC(O)c1ccc(N(C)C(C)c2cccs2)c([N+](=O)[O-])c1. The maximum atomic E-state index is 11.3. The lowest BCUT2D eigenvalue weighted by Gasteiger charge is -2.26. The molecule has 112 valence electrons. The third-order valence-corrected chi connectivity index (χ3v) is 4.64. The van der Waals surface area contributed by atoms with Crippen molar-refractivity contribution in [1.82, 2.24) is 0 Å². The van der Waals surface area contributed by atoms with Crippen LogP contribution < -0.4 is 4.90 Å². The third kappa shape index (κ3) is 3.22. The van der Waals surface area contributed by atoms with E-state index < -0.39 is 11.0 Å². The number of thiophene rings is 1. The van der Waals surface area contributed by atoms with E-state index in [1.807, 2.05) is 36.4 Å². The first kappa shape index (κ1) is 15.5. The van der Waals surface area contributed by atoms with Gasteiger partial charge in [-0.1, -0.05) is 12.1 Å². The number of benzene rings is 1. The quantitative estimate of drug-likeness (QED) is 0.672. The Labute approximate surface area is 127 Å². The second kappa shape index (κ2) is 6.24. The number of rotatable bonds is 5. The molecule has 2 atom stereocenters. The van der Waals surface area contributed by atoms with E-state index >= 15 is 0 Å². The van der Waals surface area contributed by atoms with Crippen LogP contribution in [0.5, 0.6) is 0 Å². The van der Waals surface area contributed by atoms with Crippen LogP contribution in [0.25, 0.3) is 0 Å². The fourth-order valence-corrected chi connectivity index (χ4v) is 3.00. The van der Waals surface area contributed by atoms with Crippen LogP contribution in [0.3, 0.4) is 0 Å². The number of aliphatic hydroxyl groups excluding tert-OH is 1. The number of hydrogen-bond donors (Lipinski definition) is 1. The molecule has 1 heterocycles. The highest BCUT2D eigenvalue weighted by Crippen LogP contribution is 2.35. The lowest BCUT2D eigenvalue weighted by atomic mass is 10.1. The van der Waals surface area contributed by atoms with Crippen LogP contribution in [0.15, 0.2) is 35.7 Å². The van der Waals surface area contributed by atoms with Crippen molar-refractivity contribution in [3.8, 4) is 0 Å². The summed E-state index contributed by atoms with van der Waals surface area (Å²) >= 11 is 1.62. The van der Waals surface area contributed by atoms with E-state index in [9.17, 15) is 15.2 Å². The lowest BCUT2D eigenvalue weighted by molar-refractivity contribution is -0.384. The molecule has 2 rings (SSSR count). The van der Waals surface area contributed by atoms with Crippen LogP contribution in [0.4, 0.5) is 11.4 Å². The van der Waals surface area contributed by atoms with E-state index in [-0.39, 0.29) is 11.7 Å². The summed E-state index contributed by atoms with van der Waals surface area (Å²) in [4.78, 5) is 13.9. The molecule has 0 fully saturated rings. The highest BCUT2D eigenvalue weighted by molar-refractivity contribution is 7.10. The first-order valence-electron chi connectivity index (χ1n) is 6.64. The van der Waals surface area contributed by atoms with Crippen molar-refractivity contribution in [2.45, 2.75) is 26.0 Å². The molecule has 1 aromatic carbocycles. The molecule has 2 aromatic rings. The van der Waals surface area contributed by atoms with Crippen LogP contribution in [-0.4, -0.2) is 17.1 Å². The van der Waals surface area contributed by atoms with Crippen LogP contribution in [-0.2, 0) is 0 Å². The second-order valence-corrected chi connectivity index (χ2v) is 5.96. The summed E-state index contributed by atoms with van der Waals surface area (Å²) in [6.45, 7) is 3.61. The fourth-order valence-electron chi connectivity index (χ4n) is 2.17. The number of nitro benzene ring substituents is 1. The van der Waals surface area contributed by atoms with E-state index in [2.05, 4.69) is 0 Å². The van der Waals surface area contributed by atoms with Gasteiger partial charge in [-0.2, -0.15) is 0 Å². The molecule has 1 aromatic heterocycles. The zero-order valence-electron chi connectivity index (χ0n) is 12.2. The van der Waals surface area contributed by atoms with Crippen LogP contribution in [0.1, 0.15) is 36.4 Å². The van der Waals surface area contributed by atoms with Gasteiger partial charge in [0.1, 0.15) is 5.69 Å². The summed E-state index contributed by atoms with van der Waals surface area (Å²) in [5.74, 6) is 0. The van der Waals surface area contributed by atoms with Gasteiger partial charge in [-0.25, -0.2) is 0 Å². The van der Waals surface area contributed by atoms with Gasteiger partial charge < -0.3 is 10.0 Å². The van der Waals surface area contributed by atoms with Crippen molar-refractivity contribution in [2.24, 2.45) is 0 Å². The fraction of sp³-hybridized carbons (Fsp3) is 0.333. The summed E-state index contributed by atoms with van der Waals surface area (Å²) in [5, 5.41) is 22.9. The molecule has 0 aliphatic heterocycles. The van der Waals surface area contributed by atoms with Crippen LogP contribution >= 0.6 is 11.3 Å². The largest absolute Gasteiger partial charge is 0.389 e. The number of nitro groups is 1. The molecule has 0 spiro atoms. The average molecular weight is 306 g/mol. The monoisotopic (exact) mass is 306 g/mol. The van der Waals surface area contributed by atoms with Crippen LogP contribution in [0.2, 0.25) is 0 Å². The summed E-state index contributed by atoms with van der Waals surface area (Å²) in [7, 11) is 1.84. The van der Waals surface area contributed by atoms with E-state index in [0.717, 1.165) is 4.88 Å². The molecule has 1 N–H and O–H groups in total. The minimum Gasteiger partial charge on any atom is -0.389 e. The van der Waals surface area contributed by atoms with Crippen molar-refractivity contribution in [2.75, 3.05) is 11.9 Å². The Hall–Kier alpha value is -1.92. The topological polar surface area (TPSA) is 66.6 Å². The van der Waals surface area contributed by atoms with Crippen LogP contribution in [0, 0.1) is 10.1 Å². The second-order valence-electron chi connectivity index (χ2n) is 4.98. The zero-order chi connectivity index (χ0) is 15.6. The molecule has 0 aliphatic rings. The van der Waals surface area contributed by atoms with Crippen molar-refractivity contribution in [3.63, 3.8) is 0 Å². The van der Waals surface area contributed by atoms with Gasteiger partial charge in [0, 0.05) is 18.0 Å². The van der Waals surface area contributed by atoms with Gasteiger partial charge in [0.15, 0.2) is 0 Å². The molecular formula is C15H18N2O3S. The van der Waals surface area contributed by atoms with Crippen molar-refractivity contribution in [1.29, 1.82) is 0 Å². The molecule has 0 saturated carbocycles. The predicted octanol–water partition coefficient (Wildman–Crippen LogP) is 3.91. The van der Waals surface area contributed by atoms with Crippen molar-refractivity contribution >= 4 is 22.7 Å². The van der Waals surface area contributed by atoms with Gasteiger partial charge in [-0.05, 0) is 36.9 Å². The maximum absolute atomic E-state index is 11.3. The molecule has 2 unspecified atom stereocenters. The van der Waals surface area contributed by atoms with Gasteiger partial charge in [-0.15, -0.1) is 11.3 Å². The molecule has 5 nitrogen and oxygen atoms in total. The Morgan fingerprint density at radius 2 is 2.05 bits per heavy atom. The summed E-state index contributed by atoms with van der Waals surface area (Å²) < 4.78 is 0. The minimum atomic E-state index is -0.724. The first-order valence-corrected chi connectivity index (χ1v) is 7.52. The van der Waals surface area contributed by atoms with Gasteiger partial charge in [0.25, 0.3) is 5.69 Å². The number of nitrogens with zero attached hydrogens (tertiary/aromatic N) is 2. The molecule has 0 saturated heterocycles. The number of anilines is 1. The standard InChI is InChI=1S/C15H18N2O3S/c1-10(15-5-4-8-21-15)16(3)13-7-6-12(11(2)18)9-14(13)17(19)20/h4-11,18H,1-3H3. The predicted molar refractivity (Wildman–Crippen MR) is 84.9 cm³/mol. The maximum Gasteiger partial charge on any atom is 0.292 e.